The van der Waals surface area contributed by atoms with Gasteiger partial charge in [-0.3, -0.25) is 4.68 Å². The Kier molecular flexibility index (Phi) is 3.05. The average molecular weight is 370 g/mol. The summed E-state index contributed by atoms with van der Waals surface area (Å²) in [6.45, 7) is 5.60. The van der Waals surface area contributed by atoms with Gasteiger partial charge in [-0.2, -0.15) is 5.10 Å². The van der Waals surface area contributed by atoms with Gasteiger partial charge < -0.3 is 15.2 Å². The lowest BCUT2D eigenvalue weighted by molar-refractivity contribution is -0.128. The molecule has 146 valence electrons. The Morgan fingerprint density at radius 3 is 2.93 bits per heavy atom. The molecule has 1 aromatic rings. The summed E-state index contributed by atoms with van der Waals surface area (Å²) in [4.78, 5) is 0. The molecular formula is C22H31N3O2. The third-order valence-corrected chi connectivity index (χ3v) is 9.85. The van der Waals surface area contributed by atoms with E-state index in [0.29, 0.717) is 17.8 Å². The normalized spacial score (nSPS) is 55.8. The van der Waals surface area contributed by atoms with Crippen LogP contribution in [0.5, 0.6) is 0 Å². The smallest absolute Gasteiger partial charge is 0.0896 e. The maximum Gasteiger partial charge on any atom is 0.0896 e. The van der Waals surface area contributed by atoms with E-state index < -0.39 is 5.60 Å². The SMILES string of the molecule is CCn1cc([C@@H]2OCC[C@H]2CNCC2(O)C3C4CC5C6C4CC3C6C52)cn1. The van der Waals surface area contributed by atoms with E-state index in [1.54, 1.807) is 0 Å². The monoisotopic (exact) mass is 369 g/mol. The van der Waals surface area contributed by atoms with Crippen molar-refractivity contribution in [1.82, 2.24) is 15.1 Å². The van der Waals surface area contributed by atoms with Gasteiger partial charge in [-0.05, 0) is 73.5 Å². The molecule has 2 bridgehead atoms. The van der Waals surface area contributed by atoms with Crippen molar-refractivity contribution in [2.24, 2.45) is 53.3 Å². The van der Waals surface area contributed by atoms with Crippen molar-refractivity contribution >= 4 is 0 Å². The zero-order valence-corrected chi connectivity index (χ0v) is 16.1. The van der Waals surface area contributed by atoms with E-state index in [0.717, 1.165) is 68.2 Å². The van der Waals surface area contributed by atoms with Crippen molar-refractivity contribution in [2.45, 2.75) is 44.4 Å². The number of aromatic nitrogens is 2. The van der Waals surface area contributed by atoms with Gasteiger partial charge in [0.05, 0.1) is 17.9 Å². The molecule has 27 heavy (non-hydrogen) atoms. The Morgan fingerprint density at radius 1 is 1.22 bits per heavy atom. The summed E-state index contributed by atoms with van der Waals surface area (Å²) in [6.07, 6.45) is 8.24. The Bertz CT molecular complexity index is 773. The third kappa shape index (κ3) is 1.76. The zero-order valence-electron chi connectivity index (χ0n) is 16.1. The number of ether oxygens (including phenoxy) is 1. The first kappa shape index (κ1) is 15.9. The van der Waals surface area contributed by atoms with Crippen molar-refractivity contribution in [3.05, 3.63) is 18.0 Å². The van der Waals surface area contributed by atoms with Crippen LogP contribution in [0.3, 0.4) is 0 Å². The second-order valence-electron chi connectivity index (χ2n) is 10.4. The number of nitrogens with zero attached hydrogens (tertiary/aromatic N) is 2. The lowest BCUT2D eigenvalue weighted by Crippen LogP contribution is -2.58. The van der Waals surface area contributed by atoms with Gasteiger partial charge >= 0.3 is 0 Å². The summed E-state index contributed by atoms with van der Waals surface area (Å²) < 4.78 is 8.03. The van der Waals surface area contributed by atoms with Crippen molar-refractivity contribution in [2.75, 3.05) is 19.7 Å². The number of aliphatic hydroxyl groups is 1. The molecule has 6 fully saturated rings. The minimum absolute atomic E-state index is 0.157. The largest absolute Gasteiger partial charge is 0.388 e. The molecule has 0 spiro atoms. The molecule has 6 aliphatic rings. The molecule has 1 aliphatic heterocycles. The Balaban J connectivity index is 1.04. The average Bonchev–Trinajstić information content (AvgIpc) is 3.38. The van der Waals surface area contributed by atoms with E-state index in [2.05, 4.69) is 23.5 Å². The number of fused-ring (bicyclic) bond motifs is 2. The molecule has 2 heterocycles. The summed E-state index contributed by atoms with van der Waals surface area (Å²) in [6, 6.07) is 0. The van der Waals surface area contributed by atoms with Crippen molar-refractivity contribution in [3.63, 3.8) is 0 Å². The number of hydrogen-bond donors (Lipinski definition) is 2. The molecule has 11 atom stereocenters. The van der Waals surface area contributed by atoms with Crippen LogP contribution in [0.1, 0.15) is 37.9 Å². The minimum atomic E-state index is -0.410. The van der Waals surface area contributed by atoms with Crippen LogP contribution in [-0.2, 0) is 11.3 Å². The van der Waals surface area contributed by atoms with E-state index in [-0.39, 0.29) is 6.10 Å². The Labute approximate surface area is 160 Å². The number of hydrogen-bond acceptors (Lipinski definition) is 4. The Morgan fingerprint density at radius 2 is 2.07 bits per heavy atom. The van der Waals surface area contributed by atoms with E-state index in [9.17, 15) is 5.11 Å². The van der Waals surface area contributed by atoms with Crippen LogP contribution in [0.4, 0.5) is 0 Å². The van der Waals surface area contributed by atoms with Crippen LogP contribution in [0, 0.1) is 53.3 Å². The van der Waals surface area contributed by atoms with Crippen LogP contribution in [0.2, 0.25) is 0 Å². The highest BCUT2D eigenvalue weighted by Gasteiger charge is 2.84. The first-order chi connectivity index (χ1) is 13.2. The second kappa shape index (κ2) is 5.17. The van der Waals surface area contributed by atoms with Gasteiger partial charge in [0.1, 0.15) is 0 Å². The lowest BCUT2D eigenvalue weighted by Gasteiger charge is -2.51. The van der Waals surface area contributed by atoms with Crippen LogP contribution >= 0.6 is 0 Å². The van der Waals surface area contributed by atoms with Crippen LogP contribution in [0.15, 0.2) is 12.4 Å². The van der Waals surface area contributed by atoms with Gasteiger partial charge in [0.2, 0.25) is 0 Å². The molecule has 1 saturated heterocycles. The molecule has 1 aromatic heterocycles. The van der Waals surface area contributed by atoms with E-state index in [1.165, 1.54) is 18.4 Å². The molecule has 5 nitrogen and oxygen atoms in total. The topological polar surface area (TPSA) is 59.3 Å². The third-order valence-electron chi connectivity index (χ3n) is 9.85. The van der Waals surface area contributed by atoms with E-state index in [1.807, 2.05) is 10.9 Å². The fraction of sp³-hybridized carbons (Fsp3) is 0.864. The summed E-state index contributed by atoms with van der Waals surface area (Å²) in [7, 11) is 0. The number of aryl methyl sites for hydroxylation is 1. The zero-order chi connectivity index (χ0) is 17.9. The van der Waals surface area contributed by atoms with Gasteiger partial charge in [0.25, 0.3) is 0 Å². The van der Waals surface area contributed by atoms with Crippen LogP contribution in [-0.4, -0.2) is 40.2 Å². The van der Waals surface area contributed by atoms with E-state index >= 15 is 0 Å². The highest BCUT2D eigenvalue weighted by atomic mass is 16.5. The number of nitrogens with one attached hydrogen (secondary N) is 1. The predicted molar refractivity (Wildman–Crippen MR) is 99.7 cm³/mol. The quantitative estimate of drug-likeness (QED) is 0.806. The molecule has 5 heteroatoms. The fourth-order valence-electron chi connectivity index (χ4n) is 9.33. The maximum atomic E-state index is 11.8. The Hall–Kier alpha value is -0.910. The molecule has 5 aliphatic carbocycles. The molecule has 0 amide bonds. The van der Waals surface area contributed by atoms with Crippen LogP contribution < -0.4 is 5.32 Å². The highest BCUT2D eigenvalue weighted by Crippen LogP contribution is 2.85. The summed E-state index contributed by atoms with van der Waals surface area (Å²) >= 11 is 0. The molecule has 2 N–H and O–H groups in total. The highest BCUT2D eigenvalue weighted by molar-refractivity contribution is 5.32. The van der Waals surface area contributed by atoms with Crippen molar-refractivity contribution in [1.29, 1.82) is 0 Å². The van der Waals surface area contributed by atoms with Gasteiger partial charge in [-0.25, -0.2) is 0 Å². The van der Waals surface area contributed by atoms with Gasteiger partial charge in [0.15, 0.2) is 0 Å². The second-order valence-corrected chi connectivity index (χ2v) is 10.4. The molecule has 0 radical (unpaired) electrons. The van der Waals surface area contributed by atoms with Crippen molar-refractivity contribution in [3.8, 4) is 0 Å². The standard InChI is InChI=1S/C22H31N3O2/c1-2-25-9-12(8-24-25)21-11(3-4-27-21)7-23-10-22(26)19-14-6-15-17-13(14)5-16(19)18(17)20(15)22/h8-9,11,13-21,23,26H,2-7,10H2,1H3/t11-,13?,14?,15?,16?,17?,18?,19?,20?,21+,22?/m0/s1. The molecular weight excluding hydrogens is 338 g/mol. The van der Waals surface area contributed by atoms with Crippen LogP contribution in [0.25, 0.3) is 0 Å². The summed E-state index contributed by atoms with van der Waals surface area (Å²) in [5, 5.41) is 19.9. The van der Waals surface area contributed by atoms with E-state index in [4.69, 9.17) is 4.74 Å². The first-order valence-electron chi connectivity index (χ1n) is 11.3. The fourth-order valence-corrected chi connectivity index (χ4v) is 9.33. The molecule has 5 saturated carbocycles. The van der Waals surface area contributed by atoms with Gasteiger partial charge in [-0.15, -0.1) is 0 Å². The summed E-state index contributed by atoms with van der Waals surface area (Å²) in [5.41, 5.74) is 0.799. The molecule has 7 rings (SSSR count). The minimum Gasteiger partial charge on any atom is -0.388 e. The van der Waals surface area contributed by atoms with Gasteiger partial charge in [-0.1, -0.05) is 0 Å². The number of rotatable bonds is 6. The molecule has 9 unspecified atom stereocenters. The van der Waals surface area contributed by atoms with Gasteiger partial charge in [0, 0.05) is 43.9 Å². The predicted octanol–water partition coefficient (Wildman–Crippen LogP) is 2.08. The lowest BCUT2D eigenvalue weighted by atomic mass is 9.56. The maximum absolute atomic E-state index is 11.8. The molecule has 0 aromatic carbocycles. The van der Waals surface area contributed by atoms with Crippen molar-refractivity contribution < 1.29 is 9.84 Å². The summed E-state index contributed by atoms with van der Waals surface area (Å²) in [5.74, 6) is 7.19. The first-order valence-corrected chi connectivity index (χ1v) is 11.3.